The Hall–Kier alpha value is -1.05. The van der Waals surface area contributed by atoms with E-state index in [1.54, 1.807) is 0 Å². The molecule has 2 N–H and O–H groups in total. The minimum Gasteiger partial charge on any atom is -0.362 e. The Labute approximate surface area is 119 Å². The molecule has 2 heterocycles. The summed E-state index contributed by atoms with van der Waals surface area (Å²) in [6.45, 7) is 3.01. The number of nitrogens with one attached hydrogen (secondary N) is 2. The molecular formula is C13H24N6O. The monoisotopic (exact) mass is 280 g/mol. The molecule has 0 spiro atoms. The third kappa shape index (κ3) is 2.99. The van der Waals surface area contributed by atoms with Gasteiger partial charge in [-0.15, -0.1) is 10.2 Å². The number of hydrogen-bond acceptors (Lipinski definition) is 6. The van der Waals surface area contributed by atoms with Crippen molar-refractivity contribution in [2.45, 2.75) is 70.2 Å². The van der Waals surface area contributed by atoms with Crippen molar-refractivity contribution in [2.75, 3.05) is 6.61 Å². The van der Waals surface area contributed by atoms with E-state index in [4.69, 9.17) is 4.74 Å². The summed E-state index contributed by atoms with van der Waals surface area (Å²) in [5.74, 6) is 0.731. The van der Waals surface area contributed by atoms with Gasteiger partial charge in [-0.1, -0.05) is 31.4 Å². The zero-order valence-electron chi connectivity index (χ0n) is 12.1. The molecule has 2 atom stereocenters. The molecule has 0 bridgehead atoms. The Morgan fingerprint density at radius 1 is 1.35 bits per heavy atom. The average molecular weight is 280 g/mol. The first-order chi connectivity index (χ1) is 9.88. The van der Waals surface area contributed by atoms with Gasteiger partial charge >= 0.3 is 0 Å². The maximum atomic E-state index is 6.07. The van der Waals surface area contributed by atoms with Crippen molar-refractivity contribution in [3.8, 4) is 0 Å². The molecule has 1 aliphatic heterocycles. The lowest BCUT2D eigenvalue weighted by atomic mass is 10.2. The maximum Gasteiger partial charge on any atom is 0.192 e. The molecule has 112 valence electrons. The average Bonchev–Trinajstić information content (AvgIpc) is 3.20. The molecule has 2 fully saturated rings. The summed E-state index contributed by atoms with van der Waals surface area (Å²) in [5.41, 5.74) is 3.54. The van der Waals surface area contributed by atoms with Crippen LogP contribution in [0.5, 0.6) is 0 Å². The van der Waals surface area contributed by atoms with E-state index in [1.165, 1.54) is 25.7 Å². The molecule has 7 heteroatoms. The lowest BCUT2D eigenvalue weighted by Crippen LogP contribution is -2.45. The molecule has 2 aliphatic rings. The van der Waals surface area contributed by atoms with Crippen LogP contribution in [0.25, 0.3) is 0 Å². The quantitative estimate of drug-likeness (QED) is 0.769. The SMILES string of the molecule is CCCCOC1CC(c2nn[nH]n2)NN1C1CCCC1. The molecular weight excluding hydrogens is 256 g/mol. The summed E-state index contributed by atoms with van der Waals surface area (Å²) >= 11 is 0. The van der Waals surface area contributed by atoms with Crippen molar-refractivity contribution in [3.05, 3.63) is 5.82 Å². The van der Waals surface area contributed by atoms with Crippen LogP contribution in [0.1, 0.15) is 63.7 Å². The van der Waals surface area contributed by atoms with Gasteiger partial charge in [-0.3, -0.25) is 0 Å². The standard InChI is InChI=1S/C13H24N6O/c1-2-3-8-20-12-9-11(13-14-17-18-15-13)16-19(12)10-6-4-5-7-10/h10-12,16H,2-9H2,1H3,(H,14,15,17,18). The van der Waals surface area contributed by atoms with Crippen molar-refractivity contribution < 1.29 is 4.74 Å². The number of aromatic amines is 1. The third-order valence-electron chi connectivity index (χ3n) is 4.25. The highest BCUT2D eigenvalue weighted by molar-refractivity contribution is 4.96. The van der Waals surface area contributed by atoms with Crippen LogP contribution in [0.3, 0.4) is 0 Å². The summed E-state index contributed by atoms with van der Waals surface area (Å²) in [5, 5.41) is 16.7. The summed E-state index contributed by atoms with van der Waals surface area (Å²) < 4.78 is 6.07. The van der Waals surface area contributed by atoms with E-state index in [0.29, 0.717) is 6.04 Å². The first-order valence-electron chi connectivity index (χ1n) is 7.78. The van der Waals surface area contributed by atoms with Crippen LogP contribution in [-0.4, -0.2) is 44.5 Å². The van der Waals surface area contributed by atoms with Gasteiger partial charge in [-0.25, -0.2) is 10.4 Å². The van der Waals surface area contributed by atoms with E-state index in [0.717, 1.165) is 31.7 Å². The van der Waals surface area contributed by atoms with Crippen LogP contribution < -0.4 is 5.43 Å². The Balaban J connectivity index is 1.64. The van der Waals surface area contributed by atoms with Crippen LogP contribution in [0, 0.1) is 0 Å². The Kier molecular flexibility index (Phi) is 4.59. The number of tetrazole rings is 1. The molecule has 7 nitrogen and oxygen atoms in total. The van der Waals surface area contributed by atoms with Crippen molar-refractivity contribution in [1.29, 1.82) is 0 Å². The maximum absolute atomic E-state index is 6.07. The number of aromatic nitrogens is 4. The van der Waals surface area contributed by atoms with E-state index >= 15 is 0 Å². The Morgan fingerprint density at radius 2 is 2.20 bits per heavy atom. The molecule has 0 aromatic carbocycles. The van der Waals surface area contributed by atoms with Crippen molar-refractivity contribution in [3.63, 3.8) is 0 Å². The van der Waals surface area contributed by atoms with Gasteiger partial charge in [-0.05, 0) is 19.3 Å². The first kappa shape index (κ1) is 13.9. The zero-order chi connectivity index (χ0) is 13.8. The second-order valence-electron chi connectivity index (χ2n) is 5.71. The predicted molar refractivity (Wildman–Crippen MR) is 73.4 cm³/mol. The summed E-state index contributed by atoms with van der Waals surface area (Å²) in [7, 11) is 0. The first-order valence-corrected chi connectivity index (χ1v) is 7.78. The van der Waals surface area contributed by atoms with Crippen molar-refractivity contribution >= 4 is 0 Å². The predicted octanol–water partition coefficient (Wildman–Crippen LogP) is 1.54. The normalized spacial score (nSPS) is 28.4. The van der Waals surface area contributed by atoms with Crippen LogP contribution >= 0.6 is 0 Å². The van der Waals surface area contributed by atoms with Gasteiger partial charge in [-0.2, -0.15) is 5.21 Å². The van der Waals surface area contributed by atoms with Gasteiger partial charge in [0.05, 0.1) is 6.04 Å². The fourth-order valence-electron chi connectivity index (χ4n) is 3.15. The van der Waals surface area contributed by atoms with Crippen LogP contribution in [0.2, 0.25) is 0 Å². The van der Waals surface area contributed by atoms with Gasteiger partial charge in [0.25, 0.3) is 0 Å². The molecule has 3 rings (SSSR count). The van der Waals surface area contributed by atoms with E-state index in [1.807, 2.05) is 0 Å². The molecule has 1 saturated carbocycles. The molecule has 1 aromatic rings. The lowest BCUT2D eigenvalue weighted by Gasteiger charge is -2.29. The number of nitrogens with zero attached hydrogens (tertiary/aromatic N) is 4. The smallest absolute Gasteiger partial charge is 0.192 e. The van der Waals surface area contributed by atoms with Crippen LogP contribution in [0.4, 0.5) is 0 Å². The fraction of sp³-hybridized carbons (Fsp3) is 0.923. The van der Waals surface area contributed by atoms with Gasteiger partial charge in [0.2, 0.25) is 0 Å². The number of rotatable bonds is 6. The highest BCUT2D eigenvalue weighted by Gasteiger charge is 2.39. The summed E-state index contributed by atoms with van der Waals surface area (Å²) in [6, 6.07) is 0.694. The van der Waals surface area contributed by atoms with Gasteiger partial charge in [0, 0.05) is 19.1 Å². The minimum absolute atomic E-state index is 0.112. The molecule has 2 unspecified atom stereocenters. The number of hydrogen-bond donors (Lipinski definition) is 2. The Morgan fingerprint density at radius 3 is 2.90 bits per heavy atom. The van der Waals surface area contributed by atoms with E-state index in [-0.39, 0.29) is 12.3 Å². The highest BCUT2D eigenvalue weighted by atomic mass is 16.5. The zero-order valence-corrected chi connectivity index (χ0v) is 12.1. The highest BCUT2D eigenvalue weighted by Crippen LogP contribution is 2.32. The second kappa shape index (κ2) is 6.60. The summed E-state index contributed by atoms with van der Waals surface area (Å²) in [4.78, 5) is 0. The molecule has 20 heavy (non-hydrogen) atoms. The fourth-order valence-corrected chi connectivity index (χ4v) is 3.15. The van der Waals surface area contributed by atoms with Gasteiger partial charge < -0.3 is 4.74 Å². The van der Waals surface area contributed by atoms with Crippen molar-refractivity contribution in [1.82, 2.24) is 31.1 Å². The molecule has 1 aliphatic carbocycles. The number of unbranched alkanes of at least 4 members (excludes halogenated alkanes) is 1. The lowest BCUT2D eigenvalue weighted by molar-refractivity contribution is -0.0731. The van der Waals surface area contributed by atoms with E-state index in [2.05, 4.69) is 38.0 Å². The van der Waals surface area contributed by atoms with Gasteiger partial charge in [0.1, 0.15) is 6.23 Å². The Bertz CT molecular complexity index is 392. The number of ether oxygens (including phenoxy) is 1. The largest absolute Gasteiger partial charge is 0.362 e. The molecule has 0 radical (unpaired) electrons. The van der Waals surface area contributed by atoms with Crippen molar-refractivity contribution in [2.24, 2.45) is 0 Å². The number of hydrazine groups is 1. The molecule has 1 aromatic heterocycles. The topological polar surface area (TPSA) is 79.0 Å². The van der Waals surface area contributed by atoms with Crippen LogP contribution in [-0.2, 0) is 4.74 Å². The molecule has 1 saturated heterocycles. The third-order valence-corrected chi connectivity index (χ3v) is 4.25. The van der Waals surface area contributed by atoms with E-state index < -0.39 is 0 Å². The summed E-state index contributed by atoms with van der Waals surface area (Å²) in [6.07, 6.45) is 8.43. The minimum atomic E-state index is 0.112. The molecule has 0 amide bonds. The number of H-pyrrole nitrogens is 1. The second-order valence-corrected chi connectivity index (χ2v) is 5.71. The van der Waals surface area contributed by atoms with Gasteiger partial charge in [0.15, 0.2) is 5.82 Å². The van der Waals surface area contributed by atoms with Crippen LogP contribution in [0.15, 0.2) is 0 Å². The van der Waals surface area contributed by atoms with E-state index in [9.17, 15) is 0 Å².